The molecule has 2 N–H and O–H groups in total. The standard InChI is InChI=1S/C23H24ClF3N2O3/c1-21(2,16-9-14(24)8-13-6-7-32-20(13)16)12-22(31,23(25,26)27)11-15-10-18-17(28-15)4-5-19(30)29(18)3/h4-5,8-10,28,31H,6-7,11-12H2,1-3H3. The minimum Gasteiger partial charge on any atom is -0.493 e. The van der Waals surface area contributed by atoms with Gasteiger partial charge < -0.3 is 19.4 Å². The number of aromatic amines is 1. The highest BCUT2D eigenvalue weighted by Crippen LogP contribution is 2.47. The van der Waals surface area contributed by atoms with Crippen LogP contribution in [0, 0.1) is 0 Å². The van der Waals surface area contributed by atoms with E-state index in [-0.39, 0.29) is 11.3 Å². The Labute approximate surface area is 187 Å². The minimum atomic E-state index is -4.89. The predicted molar refractivity (Wildman–Crippen MR) is 117 cm³/mol. The Kier molecular flexibility index (Phi) is 5.37. The van der Waals surface area contributed by atoms with E-state index in [4.69, 9.17) is 16.3 Å². The summed E-state index contributed by atoms with van der Waals surface area (Å²) in [4.78, 5) is 14.8. The quantitative estimate of drug-likeness (QED) is 0.572. The van der Waals surface area contributed by atoms with E-state index in [0.717, 1.165) is 5.56 Å². The fourth-order valence-electron chi connectivity index (χ4n) is 4.58. The van der Waals surface area contributed by atoms with Gasteiger partial charge in [-0.05, 0) is 41.7 Å². The molecular weight excluding hydrogens is 445 g/mol. The molecule has 0 radical (unpaired) electrons. The number of alkyl halides is 3. The van der Waals surface area contributed by atoms with Crippen LogP contribution >= 0.6 is 11.6 Å². The van der Waals surface area contributed by atoms with E-state index >= 15 is 0 Å². The van der Waals surface area contributed by atoms with Crippen LogP contribution in [0.5, 0.6) is 5.75 Å². The van der Waals surface area contributed by atoms with Gasteiger partial charge in [-0.15, -0.1) is 0 Å². The third-order valence-corrected chi connectivity index (χ3v) is 6.41. The Balaban J connectivity index is 1.73. The molecule has 3 aromatic rings. The van der Waals surface area contributed by atoms with Crippen molar-refractivity contribution in [1.82, 2.24) is 9.55 Å². The van der Waals surface area contributed by atoms with Gasteiger partial charge in [0.1, 0.15) is 5.75 Å². The number of fused-ring (bicyclic) bond motifs is 2. The highest BCUT2D eigenvalue weighted by molar-refractivity contribution is 6.30. The summed E-state index contributed by atoms with van der Waals surface area (Å²) in [6.07, 6.45) is -5.55. The Bertz CT molecular complexity index is 1250. The maximum Gasteiger partial charge on any atom is 0.417 e. The smallest absolute Gasteiger partial charge is 0.417 e. The van der Waals surface area contributed by atoms with E-state index < -0.39 is 30.0 Å². The normalized spacial score (nSPS) is 16.1. The first-order valence-electron chi connectivity index (χ1n) is 10.2. The lowest BCUT2D eigenvalue weighted by atomic mass is 9.73. The van der Waals surface area contributed by atoms with Crippen molar-refractivity contribution in [1.29, 1.82) is 0 Å². The van der Waals surface area contributed by atoms with Crippen LogP contribution in [0.15, 0.2) is 35.1 Å². The van der Waals surface area contributed by atoms with Gasteiger partial charge >= 0.3 is 6.18 Å². The van der Waals surface area contributed by atoms with Crippen LogP contribution in [0.25, 0.3) is 11.0 Å². The lowest BCUT2D eigenvalue weighted by Crippen LogP contribution is -2.51. The SMILES string of the molecule is Cn1c(=O)ccc2[nH]c(CC(O)(CC(C)(C)c3cc(Cl)cc4c3OCC4)C(F)(F)F)cc21. The zero-order chi connectivity index (χ0) is 23.5. The van der Waals surface area contributed by atoms with Crippen molar-refractivity contribution in [3.63, 3.8) is 0 Å². The average Bonchev–Trinajstić information content (AvgIpc) is 3.29. The van der Waals surface area contributed by atoms with Crippen LogP contribution in [0.2, 0.25) is 5.02 Å². The van der Waals surface area contributed by atoms with Crippen LogP contribution in [-0.2, 0) is 25.3 Å². The van der Waals surface area contributed by atoms with Crippen molar-refractivity contribution >= 4 is 22.6 Å². The zero-order valence-electron chi connectivity index (χ0n) is 17.9. The molecule has 1 aliphatic heterocycles. The van der Waals surface area contributed by atoms with Crippen LogP contribution < -0.4 is 10.3 Å². The highest BCUT2D eigenvalue weighted by atomic mass is 35.5. The number of nitrogens with zero attached hydrogens (tertiary/aromatic N) is 1. The van der Waals surface area contributed by atoms with Crippen LogP contribution in [-0.4, -0.2) is 33.0 Å². The molecule has 4 rings (SSSR count). The maximum atomic E-state index is 14.2. The van der Waals surface area contributed by atoms with Gasteiger partial charge in [0, 0.05) is 42.2 Å². The number of hydrogen-bond acceptors (Lipinski definition) is 3. The number of aliphatic hydroxyl groups is 1. The second kappa shape index (κ2) is 7.56. The summed E-state index contributed by atoms with van der Waals surface area (Å²) in [5, 5.41) is 11.4. The Morgan fingerprint density at radius 3 is 2.62 bits per heavy atom. The summed E-state index contributed by atoms with van der Waals surface area (Å²) >= 11 is 6.23. The molecule has 172 valence electrons. The van der Waals surface area contributed by atoms with Crippen LogP contribution in [0.1, 0.15) is 37.1 Å². The number of pyridine rings is 1. The predicted octanol–water partition coefficient (Wildman–Crippen LogP) is 4.66. The zero-order valence-corrected chi connectivity index (χ0v) is 18.7. The maximum absolute atomic E-state index is 14.2. The fourth-order valence-corrected chi connectivity index (χ4v) is 4.82. The topological polar surface area (TPSA) is 67.2 Å². The largest absolute Gasteiger partial charge is 0.493 e. The third-order valence-electron chi connectivity index (χ3n) is 6.19. The first kappa shape index (κ1) is 22.7. The molecule has 1 atom stereocenters. The molecular formula is C23H24ClF3N2O3. The first-order chi connectivity index (χ1) is 14.8. The molecule has 1 aliphatic rings. The monoisotopic (exact) mass is 468 g/mol. The molecule has 9 heteroatoms. The molecule has 0 aliphatic carbocycles. The second-order valence-electron chi connectivity index (χ2n) is 9.13. The Hall–Kier alpha value is -2.45. The molecule has 1 unspecified atom stereocenters. The summed E-state index contributed by atoms with van der Waals surface area (Å²) in [5.74, 6) is 0.546. The summed E-state index contributed by atoms with van der Waals surface area (Å²) in [6, 6.07) is 7.70. The molecule has 0 saturated carbocycles. The third kappa shape index (κ3) is 3.90. The van der Waals surface area contributed by atoms with Gasteiger partial charge in [-0.25, -0.2) is 0 Å². The van der Waals surface area contributed by atoms with Crippen molar-refractivity contribution in [2.24, 2.45) is 7.05 Å². The summed E-state index contributed by atoms with van der Waals surface area (Å²) in [6.45, 7) is 3.73. The molecule has 32 heavy (non-hydrogen) atoms. The van der Waals surface area contributed by atoms with Gasteiger partial charge in [0.05, 0.1) is 17.6 Å². The number of hydrogen-bond donors (Lipinski definition) is 2. The van der Waals surface area contributed by atoms with Crippen molar-refractivity contribution in [3.8, 4) is 5.75 Å². The Morgan fingerprint density at radius 1 is 1.22 bits per heavy atom. The van der Waals surface area contributed by atoms with E-state index in [9.17, 15) is 23.1 Å². The summed E-state index contributed by atoms with van der Waals surface area (Å²) < 4.78 is 49.7. The van der Waals surface area contributed by atoms with E-state index in [2.05, 4.69) is 4.98 Å². The molecule has 0 fully saturated rings. The summed E-state index contributed by atoms with van der Waals surface area (Å²) in [7, 11) is 1.54. The number of H-pyrrole nitrogens is 1. The molecule has 2 aromatic heterocycles. The van der Waals surface area contributed by atoms with Crippen molar-refractivity contribution in [2.75, 3.05) is 6.61 Å². The van der Waals surface area contributed by atoms with Gasteiger partial charge in [-0.1, -0.05) is 25.4 Å². The van der Waals surface area contributed by atoms with E-state index in [1.165, 1.54) is 22.8 Å². The van der Waals surface area contributed by atoms with E-state index in [0.29, 0.717) is 40.4 Å². The lowest BCUT2D eigenvalue weighted by Gasteiger charge is -2.38. The van der Waals surface area contributed by atoms with Crippen molar-refractivity contribution < 1.29 is 23.0 Å². The van der Waals surface area contributed by atoms with Crippen LogP contribution in [0.4, 0.5) is 13.2 Å². The number of aromatic nitrogens is 2. The number of rotatable bonds is 5. The lowest BCUT2D eigenvalue weighted by molar-refractivity contribution is -0.266. The highest BCUT2D eigenvalue weighted by Gasteiger charge is 2.56. The molecule has 0 saturated heterocycles. The number of nitrogens with one attached hydrogen (secondary N) is 1. The number of halogens is 4. The van der Waals surface area contributed by atoms with E-state index in [1.54, 1.807) is 33.0 Å². The number of ether oxygens (including phenoxy) is 1. The summed E-state index contributed by atoms with van der Waals surface area (Å²) in [5.41, 5.74) is -1.82. The minimum absolute atomic E-state index is 0.185. The average molecular weight is 469 g/mol. The molecule has 3 heterocycles. The molecule has 0 spiro atoms. The number of benzene rings is 1. The molecule has 1 aromatic carbocycles. The van der Waals surface area contributed by atoms with Crippen molar-refractivity contribution in [3.05, 3.63) is 62.5 Å². The molecule has 0 bridgehead atoms. The van der Waals surface area contributed by atoms with E-state index in [1.807, 2.05) is 0 Å². The number of aryl methyl sites for hydroxylation is 1. The van der Waals surface area contributed by atoms with Gasteiger partial charge in [-0.2, -0.15) is 13.2 Å². The van der Waals surface area contributed by atoms with Gasteiger partial charge in [-0.3, -0.25) is 4.79 Å². The Morgan fingerprint density at radius 2 is 1.94 bits per heavy atom. The molecule has 5 nitrogen and oxygen atoms in total. The van der Waals surface area contributed by atoms with Gasteiger partial charge in [0.2, 0.25) is 0 Å². The molecule has 0 amide bonds. The fraction of sp³-hybridized carbons (Fsp3) is 0.435. The second-order valence-corrected chi connectivity index (χ2v) is 9.57. The van der Waals surface area contributed by atoms with Gasteiger partial charge in [0.25, 0.3) is 5.56 Å². The van der Waals surface area contributed by atoms with Gasteiger partial charge in [0.15, 0.2) is 5.60 Å². The first-order valence-corrected chi connectivity index (χ1v) is 10.6. The van der Waals surface area contributed by atoms with Crippen molar-refractivity contribution in [2.45, 2.75) is 50.3 Å². The van der Waals surface area contributed by atoms with Crippen LogP contribution in [0.3, 0.4) is 0 Å².